The van der Waals surface area contributed by atoms with E-state index in [0.29, 0.717) is 18.7 Å². The summed E-state index contributed by atoms with van der Waals surface area (Å²) in [5, 5.41) is 0.0998. The van der Waals surface area contributed by atoms with Crippen LogP contribution in [-0.4, -0.2) is 28.4 Å². The van der Waals surface area contributed by atoms with E-state index in [1.54, 1.807) is 11.8 Å². The van der Waals surface area contributed by atoms with E-state index in [9.17, 15) is 9.59 Å². The Hall–Kier alpha value is -0.770. The highest BCUT2D eigenvalue weighted by molar-refractivity contribution is 7.81. The minimum Gasteiger partial charge on any atom is -0.315 e. The van der Waals surface area contributed by atoms with Crippen molar-refractivity contribution in [2.45, 2.75) is 25.5 Å². The van der Waals surface area contributed by atoms with Crippen LogP contribution in [0.3, 0.4) is 0 Å². The topological polar surface area (TPSA) is 37.4 Å². The first kappa shape index (κ1) is 10.3. The number of amides is 1. The van der Waals surface area contributed by atoms with Gasteiger partial charge in [-0.1, -0.05) is 0 Å². The summed E-state index contributed by atoms with van der Waals surface area (Å²) in [4.78, 5) is 23.7. The molecule has 1 heterocycles. The van der Waals surface area contributed by atoms with E-state index in [1.165, 1.54) is 13.0 Å². The summed E-state index contributed by atoms with van der Waals surface area (Å²) in [6, 6.07) is 0. The maximum Gasteiger partial charge on any atom is 0.227 e. The number of carbonyl (C=O) groups is 2. The van der Waals surface area contributed by atoms with Gasteiger partial charge in [-0.2, -0.15) is 12.6 Å². The largest absolute Gasteiger partial charge is 0.315 e. The quantitative estimate of drug-likeness (QED) is 0.532. The lowest BCUT2D eigenvalue weighted by molar-refractivity contribution is -0.126. The second-order valence-electron chi connectivity index (χ2n) is 3.26. The predicted octanol–water partition coefficient (Wildman–Crippen LogP) is 1.01. The molecule has 13 heavy (non-hydrogen) atoms. The molecule has 72 valence electrons. The standard InChI is InChI=1S/C9H13NO2S/c1-6(3-7(2)11)10-5-8(13)4-9(10)12/h3,8,13H,4-5H2,1-2H3. The van der Waals surface area contributed by atoms with Gasteiger partial charge in [0.25, 0.3) is 0 Å². The Bertz CT molecular complexity index is 273. The first-order valence-corrected chi connectivity index (χ1v) is 4.69. The van der Waals surface area contributed by atoms with Gasteiger partial charge >= 0.3 is 0 Å². The molecule has 0 aliphatic carbocycles. The Labute approximate surface area is 83.2 Å². The van der Waals surface area contributed by atoms with E-state index < -0.39 is 0 Å². The van der Waals surface area contributed by atoms with Crippen LogP contribution in [0.2, 0.25) is 0 Å². The minimum atomic E-state index is -0.0343. The van der Waals surface area contributed by atoms with E-state index in [0.717, 1.165) is 0 Å². The molecular weight excluding hydrogens is 186 g/mol. The fraction of sp³-hybridized carbons (Fsp3) is 0.556. The molecule has 0 radical (unpaired) electrons. The van der Waals surface area contributed by atoms with Crippen LogP contribution >= 0.6 is 12.6 Å². The zero-order chi connectivity index (χ0) is 10.0. The van der Waals surface area contributed by atoms with Crippen molar-refractivity contribution < 1.29 is 9.59 Å². The average molecular weight is 199 g/mol. The van der Waals surface area contributed by atoms with Crippen molar-refractivity contribution >= 4 is 24.3 Å². The Morgan fingerprint density at radius 1 is 1.62 bits per heavy atom. The van der Waals surface area contributed by atoms with Gasteiger partial charge < -0.3 is 4.90 Å². The van der Waals surface area contributed by atoms with Crippen LogP contribution in [0.4, 0.5) is 0 Å². The monoisotopic (exact) mass is 199 g/mol. The molecule has 0 bridgehead atoms. The zero-order valence-electron chi connectivity index (χ0n) is 7.78. The highest BCUT2D eigenvalue weighted by atomic mass is 32.1. The van der Waals surface area contributed by atoms with Crippen molar-refractivity contribution in [1.29, 1.82) is 0 Å². The van der Waals surface area contributed by atoms with Crippen LogP contribution in [0.1, 0.15) is 20.3 Å². The number of ketones is 1. The van der Waals surface area contributed by atoms with E-state index >= 15 is 0 Å². The number of hydrogen-bond donors (Lipinski definition) is 1. The Kier molecular flexibility index (Phi) is 3.14. The third-order valence-electron chi connectivity index (χ3n) is 1.94. The molecule has 0 aromatic heterocycles. The van der Waals surface area contributed by atoms with Gasteiger partial charge in [-0.15, -0.1) is 0 Å². The van der Waals surface area contributed by atoms with E-state index in [-0.39, 0.29) is 16.9 Å². The summed E-state index contributed by atoms with van der Waals surface area (Å²) in [6.07, 6.45) is 1.94. The highest BCUT2D eigenvalue weighted by Crippen LogP contribution is 2.19. The van der Waals surface area contributed by atoms with Gasteiger partial charge in [0.2, 0.25) is 5.91 Å². The third-order valence-corrected chi connectivity index (χ3v) is 2.29. The van der Waals surface area contributed by atoms with Gasteiger partial charge in [0.05, 0.1) is 0 Å². The van der Waals surface area contributed by atoms with Gasteiger partial charge in [0.1, 0.15) is 0 Å². The lowest BCUT2D eigenvalue weighted by Gasteiger charge is -2.15. The second-order valence-corrected chi connectivity index (χ2v) is 3.99. The lowest BCUT2D eigenvalue weighted by atomic mass is 10.3. The van der Waals surface area contributed by atoms with Crippen molar-refractivity contribution in [3.8, 4) is 0 Å². The number of likely N-dealkylation sites (tertiary alicyclic amines) is 1. The minimum absolute atomic E-state index is 0.0343. The highest BCUT2D eigenvalue weighted by Gasteiger charge is 2.27. The van der Waals surface area contributed by atoms with Gasteiger partial charge in [-0.25, -0.2) is 0 Å². The Balaban J connectivity index is 2.73. The molecule has 0 aromatic carbocycles. The van der Waals surface area contributed by atoms with Gasteiger partial charge in [-0.05, 0) is 13.8 Å². The van der Waals surface area contributed by atoms with E-state index in [2.05, 4.69) is 12.6 Å². The van der Waals surface area contributed by atoms with Crippen molar-refractivity contribution in [3.05, 3.63) is 11.8 Å². The smallest absolute Gasteiger partial charge is 0.227 e. The number of thiol groups is 1. The van der Waals surface area contributed by atoms with Gasteiger partial charge in [0, 0.05) is 30.0 Å². The molecule has 3 nitrogen and oxygen atoms in total. The van der Waals surface area contributed by atoms with Crippen LogP contribution in [-0.2, 0) is 9.59 Å². The molecule has 1 amide bonds. The molecule has 1 aliphatic heterocycles. The molecule has 1 unspecified atom stereocenters. The predicted molar refractivity (Wildman–Crippen MR) is 53.5 cm³/mol. The van der Waals surface area contributed by atoms with Crippen LogP contribution in [0.15, 0.2) is 11.8 Å². The molecule has 1 saturated heterocycles. The van der Waals surface area contributed by atoms with E-state index in [1.807, 2.05) is 0 Å². The molecule has 4 heteroatoms. The second kappa shape index (κ2) is 3.96. The molecule has 1 aliphatic rings. The van der Waals surface area contributed by atoms with Crippen LogP contribution in [0.25, 0.3) is 0 Å². The number of carbonyl (C=O) groups excluding carboxylic acids is 2. The molecule has 0 saturated carbocycles. The molecule has 1 rings (SSSR count). The zero-order valence-corrected chi connectivity index (χ0v) is 8.67. The average Bonchev–Trinajstić information content (AvgIpc) is 2.28. The van der Waals surface area contributed by atoms with Crippen LogP contribution in [0.5, 0.6) is 0 Å². The number of nitrogens with zero attached hydrogens (tertiary/aromatic N) is 1. The Morgan fingerprint density at radius 2 is 2.23 bits per heavy atom. The van der Waals surface area contributed by atoms with Crippen molar-refractivity contribution in [3.63, 3.8) is 0 Å². The fourth-order valence-corrected chi connectivity index (χ4v) is 1.72. The molecule has 1 atom stereocenters. The summed E-state index contributed by atoms with van der Waals surface area (Å²) < 4.78 is 0. The summed E-state index contributed by atoms with van der Waals surface area (Å²) in [6.45, 7) is 3.85. The Morgan fingerprint density at radius 3 is 2.62 bits per heavy atom. The van der Waals surface area contributed by atoms with Crippen molar-refractivity contribution in [2.75, 3.05) is 6.54 Å². The molecule has 1 fully saturated rings. The first-order chi connectivity index (χ1) is 6.00. The van der Waals surface area contributed by atoms with Crippen LogP contribution in [0, 0.1) is 0 Å². The maximum absolute atomic E-state index is 11.3. The SMILES string of the molecule is CC(=O)C=C(C)N1CC(S)CC1=O. The van der Waals surface area contributed by atoms with Crippen LogP contribution < -0.4 is 0 Å². The first-order valence-electron chi connectivity index (χ1n) is 4.18. The summed E-state index contributed by atoms with van der Waals surface area (Å²) in [5.74, 6) is 0.0166. The van der Waals surface area contributed by atoms with Crippen molar-refractivity contribution in [1.82, 2.24) is 4.90 Å². The number of rotatable bonds is 2. The number of allylic oxidation sites excluding steroid dienone is 2. The van der Waals surface area contributed by atoms with Gasteiger partial charge in [0.15, 0.2) is 5.78 Å². The summed E-state index contributed by atoms with van der Waals surface area (Å²) >= 11 is 4.22. The summed E-state index contributed by atoms with van der Waals surface area (Å²) in [5.41, 5.74) is 0.717. The number of hydrogen-bond acceptors (Lipinski definition) is 3. The van der Waals surface area contributed by atoms with Crippen molar-refractivity contribution in [2.24, 2.45) is 0 Å². The summed E-state index contributed by atoms with van der Waals surface area (Å²) in [7, 11) is 0. The molecule has 0 aromatic rings. The normalized spacial score (nSPS) is 23.9. The molecular formula is C9H13NO2S. The third kappa shape index (κ3) is 2.59. The fourth-order valence-electron chi connectivity index (χ4n) is 1.40. The maximum atomic E-state index is 11.3. The molecule has 0 N–H and O–H groups in total. The lowest BCUT2D eigenvalue weighted by Crippen LogP contribution is -2.23. The molecule has 0 spiro atoms. The van der Waals surface area contributed by atoms with Gasteiger partial charge in [-0.3, -0.25) is 9.59 Å². The van der Waals surface area contributed by atoms with E-state index in [4.69, 9.17) is 0 Å².